The monoisotopic (exact) mass is 446 g/mol. The second-order valence-corrected chi connectivity index (χ2v) is 10.1. The first-order chi connectivity index (χ1) is 14.5. The second-order valence-electron chi connectivity index (χ2n) is 7.85. The molecule has 0 spiro atoms. The lowest BCUT2D eigenvalue weighted by molar-refractivity contribution is 0.0919. The molecule has 1 atom stereocenters. The zero-order chi connectivity index (χ0) is 20.8. The van der Waals surface area contributed by atoms with E-state index in [9.17, 15) is 9.18 Å². The van der Waals surface area contributed by atoms with Crippen molar-refractivity contribution in [1.29, 1.82) is 0 Å². The fourth-order valence-corrected chi connectivity index (χ4v) is 6.26. The van der Waals surface area contributed by atoms with Gasteiger partial charge in [-0.2, -0.15) is 0 Å². The number of rotatable bonds is 3. The van der Waals surface area contributed by atoms with E-state index in [0.29, 0.717) is 34.9 Å². The minimum absolute atomic E-state index is 0.261. The summed E-state index contributed by atoms with van der Waals surface area (Å²) in [5.41, 5.74) is 8.03. The number of nitrogens with zero attached hydrogens (tertiary/aromatic N) is 2. The van der Waals surface area contributed by atoms with Crippen LogP contribution in [0, 0.1) is 12.7 Å². The summed E-state index contributed by atoms with van der Waals surface area (Å²) in [7, 11) is 0. The molecule has 0 saturated carbocycles. The van der Waals surface area contributed by atoms with Gasteiger partial charge in [0.15, 0.2) is 0 Å². The summed E-state index contributed by atoms with van der Waals surface area (Å²) in [5.74, 6) is 0.0440. The number of ether oxygens (including phenoxy) is 1. The Balaban J connectivity index is 1.32. The molecule has 0 unspecified atom stereocenters. The van der Waals surface area contributed by atoms with Gasteiger partial charge in [-0.1, -0.05) is 0 Å². The molecule has 1 saturated heterocycles. The maximum Gasteiger partial charge on any atom is 0.263 e. The molecule has 4 heterocycles. The molecule has 2 aliphatic rings. The standard InChI is InChI=1S/C21H23FN4O2S2/c1-11-24-21-19(29-11)17(23)18(30-21)20(27)25-12-7-14-15(22)8-13(9-16(14)28-10-12)26-5-3-2-4-6-26/h8-9,12H,2-7,10,23H2,1H3,(H,25,27)/t12-/m0/s1. The average Bonchev–Trinajstić information content (AvgIpc) is 3.26. The molecule has 30 heavy (non-hydrogen) atoms. The lowest BCUT2D eigenvalue weighted by atomic mass is 10.0. The van der Waals surface area contributed by atoms with Crippen LogP contribution in [0.25, 0.3) is 9.53 Å². The number of carbonyl (C=O) groups is 1. The van der Waals surface area contributed by atoms with Crippen molar-refractivity contribution in [3.8, 4) is 5.75 Å². The number of benzene rings is 1. The number of hydrogen-bond donors (Lipinski definition) is 2. The quantitative estimate of drug-likeness (QED) is 0.633. The van der Waals surface area contributed by atoms with Crippen molar-refractivity contribution < 1.29 is 13.9 Å². The van der Waals surface area contributed by atoms with E-state index >= 15 is 0 Å². The third kappa shape index (κ3) is 3.50. The van der Waals surface area contributed by atoms with Gasteiger partial charge in [0.2, 0.25) is 0 Å². The number of thiophene rings is 1. The van der Waals surface area contributed by atoms with E-state index in [0.717, 1.165) is 46.2 Å². The van der Waals surface area contributed by atoms with E-state index in [1.807, 2.05) is 13.0 Å². The van der Waals surface area contributed by atoms with E-state index in [4.69, 9.17) is 10.5 Å². The van der Waals surface area contributed by atoms with Crippen LogP contribution in [0.15, 0.2) is 12.1 Å². The van der Waals surface area contributed by atoms with E-state index < -0.39 is 0 Å². The highest BCUT2D eigenvalue weighted by atomic mass is 32.1. The van der Waals surface area contributed by atoms with Crippen LogP contribution in [0.2, 0.25) is 0 Å². The Labute approximate surface area is 181 Å². The highest BCUT2D eigenvalue weighted by molar-refractivity contribution is 7.29. The number of thiazole rings is 1. The number of nitrogen functional groups attached to an aromatic ring is 1. The predicted molar refractivity (Wildman–Crippen MR) is 120 cm³/mol. The maximum atomic E-state index is 14.9. The first-order valence-electron chi connectivity index (χ1n) is 10.2. The van der Waals surface area contributed by atoms with Crippen LogP contribution in [-0.2, 0) is 6.42 Å². The molecule has 1 fully saturated rings. The number of hydrogen-bond acceptors (Lipinski definition) is 7. The van der Waals surface area contributed by atoms with Gasteiger partial charge in [-0.25, -0.2) is 9.37 Å². The molecule has 0 radical (unpaired) electrons. The summed E-state index contributed by atoms with van der Waals surface area (Å²) in [6.45, 7) is 4.12. The molecule has 9 heteroatoms. The van der Waals surface area contributed by atoms with E-state index in [2.05, 4.69) is 15.2 Å². The van der Waals surface area contributed by atoms with Crippen LogP contribution in [0.3, 0.4) is 0 Å². The maximum absolute atomic E-state index is 14.9. The van der Waals surface area contributed by atoms with Crippen molar-refractivity contribution >= 4 is 49.5 Å². The largest absolute Gasteiger partial charge is 0.491 e. The van der Waals surface area contributed by atoms with Crippen LogP contribution >= 0.6 is 22.7 Å². The van der Waals surface area contributed by atoms with Gasteiger partial charge >= 0.3 is 0 Å². The number of piperidine rings is 1. The SMILES string of the molecule is Cc1nc2sc(C(=O)N[C@@H]3COc4cc(N5CCCCC5)cc(F)c4C3)c(N)c2s1. The molecular formula is C21H23FN4O2S2. The molecule has 0 aliphatic carbocycles. The van der Waals surface area contributed by atoms with Crippen LogP contribution in [0.5, 0.6) is 5.75 Å². The van der Waals surface area contributed by atoms with Gasteiger partial charge in [0, 0.05) is 36.8 Å². The summed E-state index contributed by atoms with van der Waals surface area (Å²) >= 11 is 2.77. The van der Waals surface area contributed by atoms with Gasteiger partial charge in [0.05, 0.1) is 21.4 Å². The molecule has 2 aromatic heterocycles. The number of halogens is 1. The van der Waals surface area contributed by atoms with E-state index in [-0.39, 0.29) is 17.8 Å². The molecule has 3 N–H and O–H groups in total. The van der Waals surface area contributed by atoms with Crippen molar-refractivity contribution in [2.45, 2.75) is 38.6 Å². The van der Waals surface area contributed by atoms with Crippen LogP contribution in [0.1, 0.15) is 39.5 Å². The van der Waals surface area contributed by atoms with E-state index in [1.54, 1.807) is 6.07 Å². The summed E-state index contributed by atoms with van der Waals surface area (Å²) in [5, 5.41) is 3.88. The first kappa shape index (κ1) is 19.6. The number of nitrogens with two attached hydrogens (primary N) is 1. The number of aromatic nitrogens is 1. The fraction of sp³-hybridized carbons (Fsp3) is 0.429. The molecule has 1 aromatic carbocycles. The molecule has 6 nitrogen and oxygen atoms in total. The minimum Gasteiger partial charge on any atom is -0.491 e. The van der Waals surface area contributed by atoms with Gasteiger partial charge in [-0.05, 0) is 32.3 Å². The van der Waals surface area contributed by atoms with Crippen molar-refractivity contribution in [2.75, 3.05) is 30.3 Å². The lowest BCUT2D eigenvalue weighted by Crippen LogP contribution is -2.43. The summed E-state index contributed by atoms with van der Waals surface area (Å²) in [6.07, 6.45) is 3.88. The zero-order valence-electron chi connectivity index (χ0n) is 16.7. The second kappa shape index (κ2) is 7.70. The topological polar surface area (TPSA) is 80.5 Å². The Morgan fingerprint density at radius 1 is 1.30 bits per heavy atom. The lowest BCUT2D eigenvalue weighted by Gasteiger charge is -2.31. The average molecular weight is 447 g/mol. The molecule has 3 aromatic rings. The van der Waals surface area contributed by atoms with Crippen LogP contribution < -0.4 is 20.7 Å². The van der Waals surface area contributed by atoms with Crippen molar-refractivity contribution in [3.63, 3.8) is 0 Å². The molecule has 1 amide bonds. The Morgan fingerprint density at radius 3 is 2.87 bits per heavy atom. The molecule has 158 valence electrons. The third-order valence-corrected chi connectivity index (χ3v) is 7.91. The number of amides is 1. The van der Waals surface area contributed by atoms with Gasteiger partial charge in [0.25, 0.3) is 5.91 Å². The summed E-state index contributed by atoms with van der Waals surface area (Å²) in [6, 6.07) is 3.22. The number of nitrogens with one attached hydrogen (secondary N) is 1. The van der Waals surface area contributed by atoms with Gasteiger partial charge in [-0.15, -0.1) is 22.7 Å². The Bertz CT molecular complexity index is 1120. The molecular weight excluding hydrogens is 423 g/mol. The first-order valence-corrected chi connectivity index (χ1v) is 11.8. The van der Waals surface area contributed by atoms with Gasteiger partial charge < -0.3 is 20.7 Å². The third-order valence-electron chi connectivity index (χ3n) is 5.68. The smallest absolute Gasteiger partial charge is 0.263 e. The zero-order valence-corrected chi connectivity index (χ0v) is 18.3. The molecule has 2 aliphatic heterocycles. The normalized spacial score (nSPS) is 18.9. The van der Waals surface area contributed by atoms with Gasteiger partial charge in [0.1, 0.15) is 27.9 Å². The predicted octanol–water partition coefficient (Wildman–Crippen LogP) is 4.11. The summed E-state index contributed by atoms with van der Waals surface area (Å²) < 4.78 is 21.6. The summed E-state index contributed by atoms with van der Waals surface area (Å²) in [4.78, 5) is 20.6. The van der Waals surface area contributed by atoms with E-state index in [1.165, 1.54) is 29.1 Å². The Hall–Kier alpha value is -2.39. The molecule has 0 bridgehead atoms. The number of anilines is 2. The minimum atomic E-state index is -0.311. The highest BCUT2D eigenvalue weighted by Crippen LogP contribution is 2.38. The van der Waals surface area contributed by atoms with Crippen molar-refractivity contribution in [3.05, 3.63) is 33.4 Å². The van der Waals surface area contributed by atoms with Crippen LogP contribution in [-0.4, -0.2) is 36.6 Å². The highest BCUT2D eigenvalue weighted by Gasteiger charge is 2.28. The Kier molecular flexibility index (Phi) is 5.02. The number of fused-ring (bicyclic) bond motifs is 2. The number of carbonyl (C=O) groups excluding carboxylic acids is 1. The Morgan fingerprint density at radius 2 is 2.10 bits per heavy atom. The van der Waals surface area contributed by atoms with Crippen molar-refractivity contribution in [1.82, 2.24) is 10.3 Å². The van der Waals surface area contributed by atoms with Crippen LogP contribution in [0.4, 0.5) is 15.8 Å². The number of aryl methyl sites for hydroxylation is 1. The van der Waals surface area contributed by atoms with Gasteiger partial charge in [-0.3, -0.25) is 4.79 Å². The molecule has 5 rings (SSSR count). The van der Waals surface area contributed by atoms with Crippen molar-refractivity contribution in [2.24, 2.45) is 0 Å². The fourth-order valence-electron chi connectivity index (χ4n) is 4.17.